The van der Waals surface area contributed by atoms with E-state index in [0.717, 1.165) is 47.2 Å². The molecule has 196 valence electrons. The van der Waals surface area contributed by atoms with E-state index in [0.29, 0.717) is 13.1 Å². The van der Waals surface area contributed by atoms with Crippen LogP contribution >= 0.6 is 0 Å². The first kappa shape index (κ1) is 25.6. The number of nitrogens with one attached hydrogen (secondary N) is 2. The number of anilines is 1. The van der Waals surface area contributed by atoms with Gasteiger partial charge in [0.25, 0.3) is 0 Å². The first-order chi connectivity index (χ1) is 18.4. The zero-order valence-electron chi connectivity index (χ0n) is 22.5. The van der Waals surface area contributed by atoms with Gasteiger partial charge in [-0.15, -0.1) is 0 Å². The Morgan fingerprint density at radius 2 is 1.68 bits per heavy atom. The van der Waals surface area contributed by atoms with Crippen LogP contribution in [0.2, 0.25) is 0 Å². The lowest BCUT2D eigenvalue weighted by atomic mass is 10.1. The molecule has 1 aliphatic carbocycles. The number of para-hydroxylation sites is 1. The normalized spacial score (nSPS) is 12.9. The number of rotatable bonds is 9. The van der Waals surface area contributed by atoms with Crippen molar-refractivity contribution in [3.05, 3.63) is 101 Å². The summed E-state index contributed by atoms with van der Waals surface area (Å²) in [7, 11) is 0. The van der Waals surface area contributed by atoms with Crippen molar-refractivity contribution in [3.8, 4) is 0 Å². The van der Waals surface area contributed by atoms with Gasteiger partial charge >= 0.3 is 6.03 Å². The van der Waals surface area contributed by atoms with Gasteiger partial charge in [0, 0.05) is 41.9 Å². The van der Waals surface area contributed by atoms with Gasteiger partial charge in [0.05, 0.1) is 0 Å². The predicted molar refractivity (Wildman–Crippen MR) is 153 cm³/mol. The number of hydrogen-bond acceptors (Lipinski definition) is 2. The molecular formula is C32H36N4O2. The molecule has 5 rings (SSSR count). The van der Waals surface area contributed by atoms with E-state index in [-0.39, 0.29) is 24.5 Å². The fraction of sp³-hybridized carbons (Fsp3) is 0.312. The molecule has 1 aliphatic rings. The molecule has 1 heterocycles. The summed E-state index contributed by atoms with van der Waals surface area (Å²) in [6.07, 6.45) is 4.63. The van der Waals surface area contributed by atoms with Crippen LogP contribution in [0.15, 0.2) is 72.9 Å². The van der Waals surface area contributed by atoms with E-state index in [1.807, 2.05) is 49.2 Å². The molecular weight excluding hydrogens is 472 g/mol. The second kappa shape index (κ2) is 11.1. The van der Waals surface area contributed by atoms with Crippen LogP contribution in [-0.4, -0.2) is 45.9 Å². The van der Waals surface area contributed by atoms with Crippen LogP contribution in [0.1, 0.15) is 40.7 Å². The first-order valence-corrected chi connectivity index (χ1v) is 13.4. The zero-order chi connectivity index (χ0) is 26.6. The number of fused-ring (bicyclic) bond motifs is 1. The number of carbonyl (C=O) groups excluding carboxylic acids is 2. The second-order valence-electron chi connectivity index (χ2n) is 10.5. The van der Waals surface area contributed by atoms with E-state index in [1.54, 1.807) is 4.90 Å². The van der Waals surface area contributed by atoms with Gasteiger partial charge in [-0.3, -0.25) is 4.79 Å². The number of aryl methyl sites for hydroxylation is 3. The highest BCUT2D eigenvalue weighted by Crippen LogP contribution is 2.28. The number of aromatic amines is 1. The number of urea groups is 1. The summed E-state index contributed by atoms with van der Waals surface area (Å²) in [5.74, 6) is -0.0342. The molecule has 6 heteroatoms. The van der Waals surface area contributed by atoms with E-state index in [9.17, 15) is 9.59 Å². The van der Waals surface area contributed by atoms with Crippen molar-refractivity contribution in [2.75, 3.05) is 18.4 Å². The van der Waals surface area contributed by atoms with Crippen molar-refractivity contribution in [1.82, 2.24) is 14.8 Å². The minimum Gasteiger partial charge on any atom is -0.361 e. The molecule has 1 fully saturated rings. The van der Waals surface area contributed by atoms with Gasteiger partial charge in [0.2, 0.25) is 5.91 Å². The van der Waals surface area contributed by atoms with E-state index < -0.39 is 0 Å². The molecule has 0 spiro atoms. The number of hydrogen-bond donors (Lipinski definition) is 2. The highest BCUT2D eigenvalue weighted by Gasteiger charge is 2.35. The molecule has 2 N–H and O–H groups in total. The quantitative estimate of drug-likeness (QED) is 0.276. The van der Waals surface area contributed by atoms with Gasteiger partial charge in [-0.25, -0.2) is 4.79 Å². The average Bonchev–Trinajstić information content (AvgIpc) is 3.67. The summed E-state index contributed by atoms with van der Waals surface area (Å²) in [6.45, 7) is 7.24. The van der Waals surface area contributed by atoms with Gasteiger partial charge in [-0.05, 0) is 68.9 Å². The van der Waals surface area contributed by atoms with Crippen molar-refractivity contribution in [1.29, 1.82) is 0 Å². The first-order valence-electron chi connectivity index (χ1n) is 13.4. The number of benzene rings is 3. The van der Waals surface area contributed by atoms with E-state index >= 15 is 0 Å². The van der Waals surface area contributed by atoms with Crippen LogP contribution in [0.5, 0.6) is 0 Å². The Labute approximate surface area is 224 Å². The van der Waals surface area contributed by atoms with Gasteiger partial charge in [-0.1, -0.05) is 65.7 Å². The van der Waals surface area contributed by atoms with E-state index in [1.165, 1.54) is 16.5 Å². The SMILES string of the molecule is Cc1ccc(CN(CCc2c[nH]c3ccccc23)C(=O)CN(C(=O)Nc2ccc(C)cc2C)C2CC2)cc1. The van der Waals surface area contributed by atoms with Crippen molar-refractivity contribution in [3.63, 3.8) is 0 Å². The van der Waals surface area contributed by atoms with Crippen molar-refractivity contribution in [2.45, 2.75) is 52.6 Å². The molecule has 4 aromatic rings. The molecule has 3 amide bonds. The Morgan fingerprint density at radius 1 is 0.947 bits per heavy atom. The average molecular weight is 509 g/mol. The number of amides is 3. The van der Waals surface area contributed by atoms with Crippen molar-refractivity contribution >= 4 is 28.5 Å². The summed E-state index contributed by atoms with van der Waals surface area (Å²) in [6, 6.07) is 22.4. The maximum absolute atomic E-state index is 13.7. The number of carbonyl (C=O) groups is 2. The minimum atomic E-state index is -0.209. The lowest BCUT2D eigenvalue weighted by Crippen LogP contribution is -2.46. The lowest BCUT2D eigenvalue weighted by Gasteiger charge is -2.28. The smallest absolute Gasteiger partial charge is 0.322 e. The van der Waals surface area contributed by atoms with Gasteiger partial charge in [0.15, 0.2) is 0 Å². The summed E-state index contributed by atoms with van der Waals surface area (Å²) < 4.78 is 0. The molecule has 0 aliphatic heterocycles. The van der Waals surface area contributed by atoms with Gasteiger partial charge in [0.1, 0.15) is 6.54 Å². The fourth-order valence-electron chi connectivity index (χ4n) is 4.94. The minimum absolute atomic E-state index is 0.0342. The number of nitrogens with zero attached hydrogens (tertiary/aromatic N) is 2. The molecule has 0 atom stereocenters. The number of H-pyrrole nitrogens is 1. The van der Waals surface area contributed by atoms with Crippen LogP contribution in [0.3, 0.4) is 0 Å². The third-order valence-corrected chi connectivity index (χ3v) is 7.35. The van der Waals surface area contributed by atoms with Crippen LogP contribution in [-0.2, 0) is 17.8 Å². The van der Waals surface area contributed by atoms with Gasteiger partial charge in [-0.2, -0.15) is 0 Å². The molecule has 3 aromatic carbocycles. The van der Waals surface area contributed by atoms with Gasteiger partial charge < -0.3 is 20.1 Å². The number of aromatic nitrogens is 1. The Kier molecular flexibility index (Phi) is 7.50. The topological polar surface area (TPSA) is 68.4 Å². The highest BCUT2D eigenvalue weighted by atomic mass is 16.2. The fourth-order valence-corrected chi connectivity index (χ4v) is 4.94. The maximum atomic E-state index is 13.7. The van der Waals surface area contributed by atoms with E-state index in [4.69, 9.17) is 0 Å². The Bertz CT molecular complexity index is 1440. The third kappa shape index (κ3) is 6.08. The third-order valence-electron chi connectivity index (χ3n) is 7.35. The summed E-state index contributed by atoms with van der Waals surface area (Å²) in [4.78, 5) is 34.0. The monoisotopic (exact) mass is 508 g/mol. The molecule has 6 nitrogen and oxygen atoms in total. The lowest BCUT2D eigenvalue weighted by molar-refractivity contribution is -0.132. The van der Waals surface area contributed by atoms with E-state index in [2.05, 4.69) is 59.7 Å². The molecule has 38 heavy (non-hydrogen) atoms. The summed E-state index contributed by atoms with van der Waals surface area (Å²) >= 11 is 0. The van der Waals surface area contributed by atoms with Crippen molar-refractivity contribution in [2.24, 2.45) is 0 Å². The van der Waals surface area contributed by atoms with Crippen LogP contribution in [0.25, 0.3) is 10.9 Å². The summed E-state index contributed by atoms with van der Waals surface area (Å²) in [5, 5.41) is 4.23. The second-order valence-corrected chi connectivity index (χ2v) is 10.5. The molecule has 1 aromatic heterocycles. The zero-order valence-corrected chi connectivity index (χ0v) is 22.5. The Morgan fingerprint density at radius 3 is 2.42 bits per heavy atom. The highest BCUT2D eigenvalue weighted by molar-refractivity contribution is 5.93. The van der Waals surface area contributed by atoms with Crippen molar-refractivity contribution < 1.29 is 9.59 Å². The predicted octanol–water partition coefficient (Wildman–Crippen LogP) is 6.36. The Balaban J connectivity index is 1.32. The molecule has 0 saturated heterocycles. The molecule has 0 bridgehead atoms. The Hall–Kier alpha value is -4.06. The molecule has 0 radical (unpaired) electrons. The summed E-state index contributed by atoms with van der Waals surface area (Å²) in [5.41, 5.74) is 7.51. The largest absolute Gasteiger partial charge is 0.361 e. The standard InChI is InChI=1S/C32H36N4O2/c1-22-8-11-25(12-9-22)20-35(17-16-26-19-33-30-7-5-4-6-28(26)30)31(37)21-36(27-13-14-27)32(38)34-29-15-10-23(2)18-24(29)3/h4-12,15,18-19,27,33H,13-14,16-17,20-21H2,1-3H3,(H,34,38). The van der Waals surface area contributed by atoms with Crippen LogP contribution in [0, 0.1) is 20.8 Å². The maximum Gasteiger partial charge on any atom is 0.322 e. The molecule has 1 saturated carbocycles. The molecule has 0 unspecified atom stereocenters. The van der Waals surface area contributed by atoms with Crippen LogP contribution < -0.4 is 5.32 Å². The van der Waals surface area contributed by atoms with Crippen LogP contribution in [0.4, 0.5) is 10.5 Å².